The second kappa shape index (κ2) is 7.08. The smallest absolute Gasteiger partial charge is 0.321 e. The molecule has 6 heteroatoms. The zero-order chi connectivity index (χ0) is 14.2. The maximum absolute atomic E-state index is 11.6. The number of rotatable bonds is 5. The monoisotopic (exact) mass is 272 g/mol. The zero-order valence-corrected chi connectivity index (χ0v) is 11.2. The molecule has 1 heterocycles. The van der Waals surface area contributed by atoms with E-state index >= 15 is 0 Å². The average molecular weight is 272 g/mol. The van der Waals surface area contributed by atoms with Gasteiger partial charge in [-0.25, -0.2) is 14.8 Å². The Hall–Kier alpha value is -2.63. The van der Waals surface area contributed by atoms with Crippen molar-refractivity contribution in [2.75, 3.05) is 11.9 Å². The molecule has 0 bridgehead atoms. The van der Waals surface area contributed by atoms with Crippen LogP contribution in [0.4, 0.5) is 10.7 Å². The van der Waals surface area contributed by atoms with Crippen LogP contribution < -0.4 is 15.4 Å². The molecule has 0 aliphatic rings. The first kappa shape index (κ1) is 13.8. The van der Waals surface area contributed by atoms with Crippen molar-refractivity contribution in [3.8, 4) is 5.75 Å². The van der Waals surface area contributed by atoms with Gasteiger partial charge in [-0.05, 0) is 30.7 Å². The third-order valence-electron chi connectivity index (χ3n) is 2.48. The van der Waals surface area contributed by atoms with Gasteiger partial charge in [0.15, 0.2) is 0 Å². The highest BCUT2D eigenvalue weighted by molar-refractivity contribution is 5.87. The first-order valence-corrected chi connectivity index (χ1v) is 6.31. The fraction of sp³-hybridized carbons (Fsp3) is 0.214. The molecule has 0 unspecified atom stereocenters. The van der Waals surface area contributed by atoms with Gasteiger partial charge in [0.05, 0.1) is 6.61 Å². The van der Waals surface area contributed by atoms with E-state index in [1.807, 2.05) is 31.2 Å². The third-order valence-corrected chi connectivity index (χ3v) is 2.48. The van der Waals surface area contributed by atoms with E-state index in [9.17, 15) is 4.79 Å². The van der Waals surface area contributed by atoms with Gasteiger partial charge in [-0.3, -0.25) is 5.32 Å². The minimum Gasteiger partial charge on any atom is -0.494 e. The van der Waals surface area contributed by atoms with Crippen LogP contribution in [0, 0.1) is 0 Å². The van der Waals surface area contributed by atoms with Crippen LogP contribution >= 0.6 is 0 Å². The Morgan fingerprint density at radius 3 is 2.55 bits per heavy atom. The van der Waals surface area contributed by atoms with Crippen LogP contribution in [-0.4, -0.2) is 22.6 Å². The Morgan fingerprint density at radius 2 is 1.90 bits per heavy atom. The molecule has 0 aliphatic carbocycles. The van der Waals surface area contributed by atoms with Crippen molar-refractivity contribution in [3.05, 3.63) is 48.3 Å². The second-order valence-corrected chi connectivity index (χ2v) is 3.96. The molecular weight excluding hydrogens is 256 g/mol. The van der Waals surface area contributed by atoms with E-state index in [0.29, 0.717) is 13.2 Å². The summed E-state index contributed by atoms with van der Waals surface area (Å²) in [6.07, 6.45) is 3.13. The summed E-state index contributed by atoms with van der Waals surface area (Å²) in [6.45, 7) is 2.99. The number of carbonyl (C=O) groups is 1. The van der Waals surface area contributed by atoms with E-state index in [-0.39, 0.29) is 12.0 Å². The molecule has 0 saturated carbocycles. The molecule has 0 saturated heterocycles. The Morgan fingerprint density at radius 1 is 1.20 bits per heavy atom. The van der Waals surface area contributed by atoms with Crippen molar-refractivity contribution in [1.29, 1.82) is 0 Å². The Balaban J connectivity index is 1.81. The number of hydrogen-bond donors (Lipinski definition) is 2. The molecule has 2 N–H and O–H groups in total. The van der Waals surface area contributed by atoms with Crippen molar-refractivity contribution in [1.82, 2.24) is 15.3 Å². The Bertz CT molecular complexity index is 543. The molecule has 0 radical (unpaired) electrons. The predicted octanol–water partition coefficient (Wildman–Crippen LogP) is 2.20. The molecule has 2 aromatic rings. The number of hydrogen-bond acceptors (Lipinski definition) is 4. The number of nitrogens with zero attached hydrogens (tertiary/aromatic N) is 2. The van der Waals surface area contributed by atoms with Crippen molar-refractivity contribution in [2.24, 2.45) is 0 Å². The highest BCUT2D eigenvalue weighted by Gasteiger charge is 2.03. The number of amides is 2. The van der Waals surface area contributed by atoms with Crippen LogP contribution in [0.5, 0.6) is 5.75 Å². The van der Waals surface area contributed by atoms with Gasteiger partial charge < -0.3 is 10.1 Å². The summed E-state index contributed by atoms with van der Waals surface area (Å²) >= 11 is 0. The number of carbonyl (C=O) groups excluding carboxylic acids is 1. The van der Waals surface area contributed by atoms with Gasteiger partial charge in [0, 0.05) is 18.9 Å². The Kier molecular flexibility index (Phi) is 4.88. The number of anilines is 1. The molecular formula is C14H16N4O2. The van der Waals surface area contributed by atoms with Crippen LogP contribution in [0.15, 0.2) is 42.7 Å². The van der Waals surface area contributed by atoms with Gasteiger partial charge >= 0.3 is 6.03 Å². The first-order valence-electron chi connectivity index (χ1n) is 6.31. The molecule has 2 amide bonds. The van der Waals surface area contributed by atoms with E-state index in [4.69, 9.17) is 4.74 Å². The summed E-state index contributed by atoms with van der Waals surface area (Å²) in [5, 5.41) is 5.27. The number of urea groups is 1. The SMILES string of the molecule is CCOc1ccc(CNC(=O)Nc2ncccn2)cc1. The molecule has 1 aromatic heterocycles. The molecule has 2 rings (SSSR count). The molecule has 104 valence electrons. The fourth-order valence-electron chi connectivity index (χ4n) is 1.56. The average Bonchev–Trinajstić information content (AvgIpc) is 2.48. The lowest BCUT2D eigenvalue weighted by atomic mass is 10.2. The van der Waals surface area contributed by atoms with Crippen LogP contribution in [0.3, 0.4) is 0 Å². The summed E-state index contributed by atoms with van der Waals surface area (Å²) < 4.78 is 5.35. The van der Waals surface area contributed by atoms with Crippen molar-refractivity contribution in [3.63, 3.8) is 0 Å². The number of benzene rings is 1. The van der Waals surface area contributed by atoms with Gasteiger partial charge in [0.2, 0.25) is 5.95 Å². The number of aromatic nitrogens is 2. The summed E-state index contributed by atoms with van der Waals surface area (Å²) in [7, 11) is 0. The zero-order valence-electron chi connectivity index (χ0n) is 11.2. The maximum Gasteiger partial charge on any atom is 0.321 e. The van der Waals surface area contributed by atoms with E-state index in [2.05, 4.69) is 20.6 Å². The van der Waals surface area contributed by atoms with Crippen molar-refractivity contribution >= 4 is 12.0 Å². The lowest BCUT2D eigenvalue weighted by Gasteiger charge is -2.07. The summed E-state index contributed by atoms with van der Waals surface area (Å²) in [6, 6.07) is 8.90. The standard InChI is InChI=1S/C14H16N4O2/c1-2-20-12-6-4-11(5-7-12)10-17-14(19)18-13-15-8-3-9-16-13/h3-9H,2,10H2,1H3,(H2,15,16,17,18,19). The van der Waals surface area contributed by atoms with Gasteiger partial charge in [-0.2, -0.15) is 0 Å². The lowest BCUT2D eigenvalue weighted by Crippen LogP contribution is -2.28. The minimum atomic E-state index is -0.343. The van der Waals surface area contributed by atoms with Crippen molar-refractivity contribution < 1.29 is 9.53 Å². The maximum atomic E-state index is 11.6. The largest absolute Gasteiger partial charge is 0.494 e. The third kappa shape index (κ3) is 4.24. The molecule has 1 aromatic carbocycles. The van der Waals surface area contributed by atoms with E-state index in [1.54, 1.807) is 18.5 Å². The molecule has 0 atom stereocenters. The van der Waals surface area contributed by atoms with Gasteiger partial charge in [0.25, 0.3) is 0 Å². The summed E-state index contributed by atoms with van der Waals surface area (Å²) in [5.74, 6) is 1.09. The van der Waals surface area contributed by atoms with E-state index in [0.717, 1.165) is 11.3 Å². The minimum absolute atomic E-state index is 0.275. The van der Waals surface area contributed by atoms with Gasteiger partial charge in [0.1, 0.15) is 5.75 Å². The quantitative estimate of drug-likeness (QED) is 0.874. The topological polar surface area (TPSA) is 76.1 Å². The number of nitrogens with one attached hydrogen (secondary N) is 2. The highest BCUT2D eigenvalue weighted by Crippen LogP contribution is 2.11. The lowest BCUT2D eigenvalue weighted by molar-refractivity contribution is 0.251. The van der Waals surface area contributed by atoms with E-state index in [1.165, 1.54) is 0 Å². The van der Waals surface area contributed by atoms with Gasteiger partial charge in [-0.1, -0.05) is 12.1 Å². The van der Waals surface area contributed by atoms with Crippen LogP contribution in [0.2, 0.25) is 0 Å². The molecule has 20 heavy (non-hydrogen) atoms. The molecule has 6 nitrogen and oxygen atoms in total. The summed E-state index contributed by atoms with van der Waals surface area (Å²) in [5.41, 5.74) is 0.984. The van der Waals surface area contributed by atoms with Crippen LogP contribution in [0.1, 0.15) is 12.5 Å². The van der Waals surface area contributed by atoms with Gasteiger partial charge in [-0.15, -0.1) is 0 Å². The molecule has 0 spiro atoms. The van der Waals surface area contributed by atoms with Crippen molar-refractivity contribution in [2.45, 2.75) is 13.5 Å². The predicted molar refractivity (Wildman–Crippen MR) is 75.5 cm³/mol. The first-order chi connectivity index (χ1) is 9.78. The fourth-order valence-corrected chi connectivity index (χ4v) is 1.56. The van der Waals surface area contributed by atoms with E-state index < -0.39 is 0 Å². The van der Waals surface area contributed by atoms with Crippen LogP contribution in [0.25, 0.3) is 0 Å². The number of ether oxygens (including phenoxy) is 1. The Labute approximate surface area is 117 Å². The molecule has 0 fully saturated rings. The molecule has 0 aliphatic heterocycles. The summed E-state index contributed by atoms with van der Waals surface area (Å²) in [4.78, 5) is 19.4. The highest BCUT2D eigenvalue weighted by atomic mass is 16.5. The second-order valence-electron chi connectivity index (χ2n) is 3.96. The van der Waals surface area contributed by atoms with Crippen LogP contribution in [-0.2, 0) is 6.54 Å². The normalized spacial score (nSPS) is 9.85.